The fraction of sp³-hybridized carbons (Fsp3) is 0.294. The lowest BCUT2D eigenvalue weighted by molar-refractivity contribution is 0.390. The minimum absolute atomic E-state index is 0.0638. The molecule has 0 atom stereocenters. The van der Waals surface area contributed by atoms with E-state index in [9.17, 15) is 8.42 Å². The summed E-state index contributed by atoms with van der Waals surface area (Å²) >= 11 is 0. The molecule has 3 aromatic rings. The van der Waals surface area contributed by atoms with E-state index in [1.165, 1.54) is 0 Å². The molecular weight excluding hydrogens is 340 g/mol. The smallest absolute Gasteiger partial charge is 0.267 e. The molecule has 7 nitrogen and oxygen atoms in total. The third-order valence-corrected chi connectivity index (χ3v) is 5.35. The van der Waals surface area contributed by atoms with Crippen molar-refractivity contribution in [3.05, 3.63) is 47.5 Å². The van der Waals surface area contributed by atoms with Gasteiger partial charge in [-0.3, -0.25) is 4.72 Å². The number of anilines is 1. The fourth-order valence-corrected chi connectivity index (χ4v) is 4.13. The molecule has 3 rings (SSSR count). The normalized spacial score (nSPS) is 12.0. The number of sulfonamides is 1. The first-order valence-electron chi connectivity index (χ1n) is 7.77. The fourth-order valence-electron chi connectivity index (χ4n) is 2.74. The summed E-state index contributed by atoms with van der Waals surface area (Å²) in [6, 6.07) is 9.27. The second-order valence-corrected chi connectivity index (χ2v) is 7.80. The molecular formula is C17H20N4O3S. The number of rotatable bonds is 5. The molecule has 0 bridgehead atoms. The van der Waals surface area contributed by atoms with Gasteiger partial charge in [0.15, 0.2) is 10.7 Å². The van der Waals surface area contributed by atoms with Crippen molar-refractivity contribution in [1.82, 2.24) is 15.0 Å². The highest BCUT2D eigenvalue weighted by Gasteiger charge is 2.25. The van der Waals surface area contributed by atoms with E-state index in [1.807, 2.05) is 37.2 Å². The first-order valence-corrected chi connectivity index (χ1v) is 9.25. The number of aromatic nitrogens is 2. The van der Waals surface area contributed by atoms with Crippen LogP contribution in [0.15, 0.2) is 39.8 Å². The van der Waals surface area contributed by atoms with Crippen LogP contribution in [-0.4, -0.2) is 37.6 Å². The molecule has 0 saturated carbocycles. The molecule has 0 saturated heterocycles. The quantitative estimate of drug-likeness (QED) is 0.753. The van der Waals surface area contributed by atoms with Gasteiger partial charge in [0.25, 0.3) is 10.0 Å². The van der Waals surface area contributed by atoms with Gasteiger partial charge in [-0.25, -0.2) is 13.4 Å². The van der Waals surface area contributed by atoms with Gasteiger partial charge in [0.2, 0.25) is 0 Å². The molecule has 0 aliphatic carbocycles. The van der Waals surface area contributed by atoms with Crippen molar-refractivity contribution in [1.29, 1.82) is 0 Å². The molecule has 8 heteroatoms. The lowest BCUT2D eigenvalue weighted by atomic mass is 10.2. The molecule has 0 fully saturated rings. The van der Waals surface area contributed by atoms with Crippen LogP contribution in [0, 0.1) is 13.8 Å². The zero-order valence-electron chi connectivity index (χ0n) is 14.6. The number of para-hydroxylation sites is 1. The average Bonchev–Trinajstić information content (AvgIpc) is 2.86. The van der Waals surface area contributed by atoms with Crippen LogP contribution in [0.1, 0.15) is 17.1 Å². The first-order chi connectivity index (χ1) is 11.8. The Morgan fingerprint density at radius 3 is 2.56 bits per heavy atom. The van der Waals surface area contributed by atoms with Crippen LogP contribution in [0.25, 0.3) is 10.9 Å². The second-order valence-electron chi connectivity index (χ2n) is 6.18. The van der Waals surface area contributed by atoms with Crippen molar-refractivity contribution < 1.29 is 12.9 Å². The van der Waals surface area contributed by atoms with E-state index in [-0.39, 0.29) is 10.7 Å². The van der Waals surface area contributed by atoms with E-state index in [0.717, 1.165) is 11.1 Å². The number of aryl methyl sites for hydroxylation is 2. The average molecular weight is 360 g/mol. The van der Waals surface area contributed by atoms with Gasteiger partial charge in [-0.15, -0.1) is 0 Å². The summed E-state index contributed by atoms with van der Waals surface area (Å²) in [7, 11) is 0.0972. The Kier molecular flexibility index (Phi) is 4.49. The van der Waals surface area contributed by atoms with Crippen molar-refractivity contribution in [3.8, 4) is 0 Å². The molecule has 25 heavy (non-hydrogen) atoms. The second kappa shape index (κ2) is 6.45. The Balaban J connectivity index is 2.06. The summed E-state index contributed by atoms with van der Waals surface area (Å²) in [5, 5.41) is 4.58. The van der Waals surface area contributed by atoms with Gasteiger partial charge in [-0.05, 0) is 40.1 Å². The maximum Gasteiger partial charge on any atom is 0.267 e. The number of benzene rings is 1. The van der Waals surface area contributed by atoms with E-state index in [4.69, 9.17) is 4.52 Å². The summed E-state index contributed by atoms with van der Waals surface area (Å²) < 4.78 is 33.1. The zero-order chi connectivity index (χ0) is 18.2. The highest BCUT2D eigenvalue weighted by Crippen LogP contribution is 2.27. The van der Waals surface area contributed by atoms with Crippen molar-refractivity contribution in [2.75, 3.05) is 18.8 Å². The predicted octanol–water partition coefficient (Wildman–Crippen LogP) is 2.70. The molecule has 1 N–H and O–H groups in total. The zero-order valence-corrected chi connectivity index (χ0v) is 15.4. The van der Waals surface area contributed by atoms with Gasteiger partial charge < -0.3 is 9.42 Å². The number of pyridine rings is 1. The van der Waals surface area contributed by atoms with Gasteiger partial charge in [0.05, 0.1) is 16.9 Å². The Labute approximate surface area is 146 Å². The summed E-state index contributed by atoms with van der Waals surface area (Å²) in [5.41, 5.74) is 2.23. The van der Waals surface area contributed by atoms with E-state index < -0.39 is 10.0 Å². The van der Waals surface area contributed by atoms with Crippen LogP contribution in [-0.2, 0) is 16.6 Å². The molecule has 0 amide bonds. The third-order valence-electron chi connectivity index (χ3n) is 3.74. The Hall–Kier alpha value is -2.45. The molecule has 0 unspecified atom stereocenters. The van der Waals surface area contributed by atoms with Crippen molar-refractivity contribution >= 4 is 26.6 Å². The van der Waals surface area contributed by atoms with Gasteiger partial charge >= 0.3 is 0 Å². The molecule has 0 aliphatic rings. The van der Waals surface area contributed by atoms with Crippen molar-refractivity contribution in [2.45, 2.75) is 25.3 Å². The van der Waals surface area contributed by atoms with E-state index in [2.05, 4.69) is 14.9 Å². The van der Waals surface area contributed by atoms with Crippen molar-refractivity contribution in [2.24, 2.45) is 0 Å². The van der Waals surface area contributed by atoms with Gasteiger partial charge in [0.1, 0.15) is 5.69 Å². The van der Waals surface area contributed by atoms with Crippen LogP contribution in [0.3, 0.4) is 0 Å². The van der Waals surface area contributed by atoms with E-state index >= 15 is 0 Å². The number of hydrogen-bond donors (Lipinski definition) is 1. The largest absolute Gasteiger partial charge is 0.360 e. The maximum atomic E-state index is 12.8. The van der Waals surface area contributed by atoms with Crippen LogP contribution < -0.4 is 4.72 Å². The number of hydrogen-bond acceptors (Lipinski definition) is 6. The van der Waals surface area contributed by atoms with Crippen LogP contribution in [0.4, 0.5) is 5.69 Å². The van der Waals surface area contributed by atoms with E-state index in [1.54, 1.807) is 26.0 Å². The SMILES string of the molecule is Cc1noc(C)c1S(=O)(=O)Nc1cccc2ccc(CN(C)C)nc12. The molecule has 132 valence electrons. The Morgan fingerprint density at radius 2 is 1.92 bits per heavy atom. The molecule has 1 aromatic carbocycles. The number of nitrogens with one attached hydrogen (secondary N) is 1. The maximum absolute atomic E-state index is 12.8. The predicted molar refractivity (Wildman–Crippen MR) is 95.9 cm³/mol. The summed E-state index contributed by atoms with van der Waals surface area (Å²) in [4.78, 5) is 6.69. The minimum Gasteiger partial charge on any atom is -0.360 e. The van der Waals surface area contributed by atoms with Crippen LogP contribution in [0.5, 0.6) is 0 Å². The van der Waals surface area contributed by atoms with E-state index in [0.29, 0.717) is 23.4 Å². The summed E-state index contributed by atoms with van der Waals surface area (Å²) in [5.74, 6) is 0.256. The van der Waals surface area contributed by atoms with Gasteiger partial charge in [-0.1, -0.05) is 23.4 Å². The summed E-state index contributed by atoms with van der Waals surface area (Å²) in [6.07, 6.45) is 0. The lowest BCUT2D eigenvalue weighted by Crippen LogP contribution is -2.15. The molecule has 0 radical (unpaired) electrons. The molecule has 2 aromatic heterocycles. The minimum atomic E-state index is -3.82. The Morgan fingerprint density at radius 1 is 1.16 bits per heavy atom. The molecule has 0 spiro atoms. The van der Waals surface area contributed by atoms with Gasteiger partial charge in [0, 0.05) is 11.9 Å². The lowest BCUT2D eigenvalue weighted by Gasteiger charge is -2.13. The first kappa shape index (κ1) is 17.4. The highest BCUT2D eigenvalue weighted by atomic mass is 32.2. The number of nitrogens with zero attached hydrogens (tertiary/aromatic N) is 3. The Bertz CT molecular complexity index is 1010. The standard InChI is InChI=1S/C17H20N4O3S/c1-11-17(12(2)24-19-11)25(22,23)20-15-7-5-6-13-8-9-14(10-21(3)4)18-16(13)15/h5-9,20H,10H2,1-4H3. The van der Waals surface area contributed by atoms with Gasteiger partial charge in [-0.2, -0.15) is 0 Å². The number of fused-ring (bicyclic) bond motifs is 1. The van der Waals surface area contributed by atoms with Crippen molar-refractivity contribution in [3.63, 3.8) is 0 Å². The topological polar surface area (TPSA) is 88.3 Å². The third kappa shape index (κ3) is 3.49. The molecule has 2 heterocycles. The highest BCUT2D eigenvalue weighted by molar-refractivity contribution is 7.92. The van der Waals surface area contributed by atoms with Crippen LogP contribution >= 0.6 is 0 Å². The van der Waals surface area contributed by atoms with Crippen LogP contribution in [0.2, 0.25) is 0 Å². The summed E-state index contributed by atoms with van der Waals surface area (Å²) in [6.45, 7) is 3.84. The monoisotopic (exact) mass is 360 g/mol. The molecule has 0 aliphatic heterocycles.